The molecule has 106 valence electrons. The molecular formula is C11H12N4O3S2. The molecule has 1 fully saturated rings. The number of aromatic nitrogens is 4. The average Bonchev–Trinajstić information content (AvgIpc) is 2.95. The Morgan fingerprint density at radius 1 is 1.25 bits per heavy atom. The number of thioether (sulfide) groups is 1. The topological polar surface area (TPSA) is 98.0 Å². The van der Waals surface area contributed by atoms with Crippen LogP contribution in [-0.4, -0.2) is 56.6 Å². The molecule has 9 heteroatoms. The lowest BCUT2D eigenvalue weighted by Gasteiger charge is -2.11. The molecule has 0 bridgehead atoms. The zero-order chi connectivity index (χ0) is 14.2. The Hall–Kier alpha value is -1.45. The van der Waals surface area contributed by atoms with Crippen LogP contribution in [0.5, 0.6) is 0 Å². The number of hydrogen-bond donors (Lipinski definition) is 1. The van der Waals surface area contributed by atoms with Gasteiger partial charge >= 0.3 is 0 Å². The summed E-state index contributed by atoms with van der Waals surface area (Å²) in [6.07, 6.45) is -0.883. The normalized spacial score (nSPS) is 24.9. The summed E-state index contributed by atoms with van der Waals surface area (Å²) in [5.41, 5.74) is 0.787. The molecule has 0 aliphatic carbocycles. The standard InChI is InChI=1S/C11H12N4O3S2/c16-9-6-20(17,18)7-10(9)19-11-12-13-14-15(11)8-4-2-1-3-5-8/h1-5,9-10,16H,6-7H2/t9-,10+/m0/s1. The minimum Gasteiger partial charge on any atom is -0.391 e. The third-order valence-electron chi connectivity index (χ3n) is 2.97. The zero-order valence-electron chi connectivity index (χ0n) is 10.3. The van der Waals surface area contributed by atoms with Gasteiger partial charge in [0.05, 0.1) is 28.5 Å². The second-order valence-electron chi connectivity index (χ2n) is 4.51. The monoisotopic (exact) mass is 312 g/mol. The summed E-state index contributed by atoms with van der Waals surface area (Å²) in [7, 11) is -3.17. The van der Waals surface area contributed by atoms with Crippen LogP contribution in [-0.2, 0) is 9.84 Å². The van der Waals surface area contributed by atoms with E-state index in [-0.39, 0.29) is 11.5 Å². The van der Waals surface area contributed by atoms with Crippen molar-refractivity contribution in [2.45, 2.75) is 16.5 Å². The van der Waals surface area contributed by atoms with Gasteiger partial charge in [-0.25, -0.2) is 8.42 Å². The molecule has 7 nitrogen and oxygen atoms in total. The first kappa shape index (κ1) is 13.5. The van der Waals surface area contributed by atoms with Gasteiger partial charge in [0, 0.05) is 0 Å². The van der Waals surface area contributed by atoms with Gasteiger partial charge < -0.3 is 5.11 Å². The highest BCUT2D eigenvalue weighted by Gasteiger charge is 2.38. The van der Waals surface area contributed by atoms with Gasteiger partial charge in [-0.3, -0.25) is 0 Å². The Balaban J connectivity index is 1.85. The van der Waals surface area contributed by atoms with Crippen LogP contribution in [0.15, 0.2) is 35.5 Å². The summed E-state index contributed by atoms with van der Waals surface area (Å²) in [5, 5.41) is 21.2. The number of rotatable bonds is 3. The van der Waals surface area contributed by atoms with E-state index in [1.54, 1.807) is 0 Å². The largest absolute Gasteiger partial charge is 0.391 e. The van der Waals surface area contributed by atoms with Crippen LogP contribution >= 0.6 is 11.8 Å². The van der Waals surface area contributed by atoms with Crippen LogP contribution in [0.25, 0.3) is 5.69 Å². The summed E-state index contributed by atoms with van der Waals surface area (Å²) in [6.45, 7) is 0. The van der Waals surface area contributed by atoms with E-state index >= 15 is 0 Å². The number of aliphatic hydroxyl groups is 1. The van der Waals surface area contributed by atoms with Gasteiger partial charge in [0.15, 0.2) is 9.84 Å². The lowest BCUT2D eigenvalue weighted by Crippen LogP contribution is -2.20. The average molecular weight is 312 g/mol. The lowest BCUT2D eigenvalue weighted by atomic mass is 10.3. The van der Waals surface area contributed by atoms with Gasteiger partial charge in [-0.15, -0.1) is 5.10 Å². The van der Waals surface area contributed by atoms with Crippen molar-refractivity contribution in [2.24, 2.45) is 0 Å². The molecule has 1 saturated heterocycles. The first-order valence-electron chi connectivity index (χ1n) is 5.94. The zero-order valence-corrected chi connectivity index (χ0v) is 12.0. The molecule has 1 aliphatic heterocycles. The molecule has 20 heavy (non-hydrogen) atoms. The minimum atomic E-state index is -3.17. The third-order valence-corrected chi connectivity index (χ3v) is 6.15. The van der Waals surface area contributed by atoms with Gasteiger partial charge in [0.25, 0.3) is 0 Å². The molecule has 1 aliphatic rings. The number of benzene rings is 1. The number of nitrogens with zero attached hydrogens (tertiary/aromatic N) is 4. The molecule has 1 aromatic carbocycles. The van der Waals surface area contributed by atoms with Gasteiger partial charge in [-0.2, -0.15) is 4.68 Å². The predicted octanol–water partition coefficient (Wildman–Crippen LogP) is -0.0877. The molecule has 1 aromatic heterocycles. The molecule has 0 spiro atoms. The van der Waals surface area contributed by atoms with E-state index < -0.39 is 21.2 Å². The van der Waals surface area contributed by atoms with Crippen LogP contribution in [0.3, 0.4) is 0 Å². The first-order valence-corrected chi connectivity index (χ1v) is 8.64. The van der Waals surface area contributed by atoms with E-state index in [0.717, 1.165) is 5.69 Å². The van der Waals surface area contributed by atoms with E-state index in [4.69, 9.17) is 0 Å². The highest BCUT2D eigenvalue weighted by Crippen LogP contribution is 2.30. The van der Waals surface area contributed by atoms with E-state index in [2.05, 4.69) is 15.5 Å². The number of sulfone groups is 1. The van der Waals surface area contributed by atoms with E-state index in [0.29, 0.717) is 5.16 Å². The highest BCUT2D eigenvalue weighted by molar-refractivity contribution is 8.01. The quantitative estimate of drug-likeness (QED) is 0.846. The summed E-state index contributed by atoms with van der Waals surface area (Å²) >= 11 is 1.19. The molecule has 1 N–H and O–H groups in total. The number of tetrazole rings is 1. The van der Waals surface area contributed by atoms with Crippen molar-refractivity contribution < 1.29 is 13.5 Å². The summed E-state index contributed by atoms with van der Waals surface area (Å²) in [6, 6.07) is 9.30. The molecule has 3 rings (SSSR count). The van der Waals surface area contributed by atoms with Crippen molar-refractivity contribution in [3.05, 3.63) is 30.3 Å². The van der Waals surface area contributed by atoms with Crippen LogP contribution in [0.1, 0.15) is 0 Å². The van der Waals surface area contributed by atoms with Crippen LogP contribution < -0.4 is 0 Å². The van der Waals surface area contributed by atoms with E-state index in [1.165, 1.54) is 16.4 Å². The molecule has 0 radical (unpaired) electrons. The van der Waals surface area contributed by atoms with Gasteiger partial charge in [0.2, 0.25) is 5.16 Å². The Labute approximate surface area is 119 Å². The fourth-order valence-electron chi connectivity index (χ4n) is 2.03. The van der Waals surface area contributed by atoms with Crippen molar-refractivity contribution in [3.8, 4) is 5.69 Å². The Kier molecular flexibility index (Phi) is 3.48. The third kappa shape index (κ3) is 2.69. The molecule has 2 atom stereocenters. The molecule has 0 unspecified atom stereocenters. The summed E-state index contributed by atoms with van der Waals surface area (Å²) in [5.74, 6) is -0.252. The van der Waals surface area contributed by atoms with E-state index in [1.807, 2.05) is 30.3 Å². The fourth-order valence-corrected chi connectivity index (χ4v) is 5.51. The van der Waals surface area contributed by atoms with Gasteiger partial charge in [0.1, 0.15) is 0 Å². The Morgan fingerprint density at radius 3 is 2.65 bits per heavy atom. The fraction of sp³-hybridized carbons (Fsp3) is 0.364. The molecule has 2 heterocycles. The van der Waals surface area contributed by atoms with Gasteiger partial charge in [-0.1, -0.05) is 30.0 Å². The second kappa shape index (κ2) is 5.15. The Bertz CT molecular complexity index is 701. The lowest BCUT2D eigenvalue weighted by molar-refractivity contribution is 0.207. The molecule has 2 aromatic rings. The SMILES string of the molecule is O=S1(=O)C[C@H](O)[C@H](Sc2nnnn2-c2ccccc2)C1. The maximum Gasteiger partial charge on any atom is 0.214 e. The van der Waals surface area contributed by atoms with Gasteiger partial charge in [-0.05, 0) is 22.6 Å². The van der Waals surface area contributed by atoms with Crippen LogP contribution in [0.2, 0.25) is 0 Å². The summed E-state index contributed by atoms with van der Waals surface area (Å²) < 4.78 is 24.5. The van der Waals surface area contributed by atoms with Crippen LogP contribution in [0, 0.1) is 0 Å². The highest BCUT2D eigenvalue weighted by atomic mass is 32.2. The number of para-hydroxylation sites is 1. The maximum atomic E-state index is 11.5. The smallest absolute Gasteiger partial charge is 0.214 e. The summed E-state index contributed by atoms with van der Waals surface area (Å²) in [4.78, 5) is 0. The van der Waals surface area contributed by atoms with Crippen molar-refractivity contribution in [1.82, 2.24) is 20.2 Å². The first-order chi connectivity index (χ1) is 9.55. The van der Waals surface area contributed by atoms with Crippen molar-refractivity contribution in [2.75, 3.05) is 11.5 Å². The maximum absolute atomic E-state index is 11.5. The van der Waals surface area contributed by atoms with Crippen molar-refractivity contribution in [1.29, 1.82) is 0 Å². The Morgan fingerprint density at radius 2 is 2.00 bits per heavy atom. The second-order valence-corrected chi connectivity index (χ2v) is 7.87. The predicted molar refractivity (Wildman–Crippen MR) is 73.5 cm³/mol. The van der Waals surface area contributed by atoms with Crippen molar-refractivity contribution in [3.63, 3.8) is 0 Å². The minimum absolute atomic E-state index is 0.0551. The molecule has 0 amide bonds. The van der Waals surface area contributed by atoms with Crippen LogP contribution in [0.4, 0.5) is 0 Å². The van der Waals surface area contributed by atoms with E-state index in [9.17, 15) is 13.5 Å². The number of hydrogen-bond acceptors (Lipinski definition) is 7. The van der Waals surface area contributed by atoms with Crippen molar-refractivity contribution >= 4 is 21.6 Å². The molecular weight excluding hydrogens is 300 g/mol. The molecule has 0 saturated carbocycles. The number of aliphatic hydroxyl groups excluding tert-OH is 1.